The quantitative estimate of drug-likeness (QED) is 0.429. The second-order valence-electron chi connectivity index (χ2n) is 5.05. The normalized spacial score (nSPS) is 10.5. The molecule has 0 atom stereocenters. The lowest BCUT2D eigenvalue weighted by molar-refractivity contribution is 0.0560. The van der Waals surface area contributed by atoms with E-state index >= 15 is 0 Å². The summed E-state index contributed by atoms with van der Waals surface area (Å²) in [6.45, 7) is 2.39. The van der Waals surface area contributed by atoms with E-state index in [1.54, 1.807) is 24.3 Å². The van der Waals surface area contributed by atoms with Gasteiger partial charge in [0, 0.05) is 0 Å². The lowest BCUT2D eigenvalue weighted by atomic mass is 10.2. The van der Waals surface area contributed by atoms with Crippen molar-refractivity contribution in [3.8, 4) is 11.5 Å². The van der Waals surface area contributed by atoms with Crippen LogP contribution < -0.4 is 14.9 Å². The van der Waals surface area contributed by atoms with E-state index in [9.17, 15) is 9.59 Å². The highest BCUT2D eigenvalue weighted by Crippen LogP contribution is 2.29. The Bertz CT molecular complexity index is 814. The standard InChI is InChI=1S/C18H20N2O7/c1-4-25-16-9-12(10-19-20-18(22)24-3)5-7-14(16)26-11-13-6-8-15(27-13)17(21)23-2/h5-10H,4,11H2,1-3H3,(H,20,22)/b19-10-. The largest absolute Gasteiger partial charge is 0.490 e. The highest BCUT2D eigenvalue weighted by molar-refractivity contribution is 5.86. The second kappa shape index (κ2) is 9.85. The number of hydrogen-bond donors (Lipinski definition) is 1. The van der Waals surface area contributed by atoms with Gasteiger partial charge in [0.1, 0.15) is 12.4 Å². The first-order valence-corrected chi connectivity index (χ1v) is 8.01. The van der Waals surface area contributed by atoms with Gasteiger partial charge in [0.25, 0.3) is 0 Å². The van der Waals surface area contributed by atoms with E-state index in [1.807, 2.05) is 6.92 Å². The minimum absolute atomic E-state index is 0.103. The molecule has 1 N–H and O–H groups in total. The van der Waals surface area contributed by atoms with Crippen LogP contribution in [0.5, 0.6) is 11.5 Å². The third-order valence-corrected chi connectivity index (χ3v) is 3.24. The fourth-order valence-electron chi connectivity index (χ4n) is 2.01. The molecule has 0 saturated carbocycles. The maximum atomic E-state index is 11.4. The van der Waals surface area contributed by atoms with Crippen LogP contribution in [0.2, 0.25) is 0 Å². The number of esters is 1. The Hall–Kier alpha value is -3.49. The van der Waals surface area contributed by atoms with Crippen molar-refractivity contribution in [2.75, 3.05) is 20.8 Å². The highest BCUT2D eigenvalue weighted by atomic mass is 16.5. The Morgan fingerprint density at radius 1 is 1.11 bits per heavy atom. The van der Waals surface area contributed by atoms with Gasteiger partial charge in [-0.3, -0.25) is 0 Å². The molecular weight excluding hydrogens is 356 g/mol. The predicted octanol–water partition coefficient (Wildman–Crippen LogP) is 2.73. The van der Waals surface area contributed by atoms with E-state index in [4.69, 9.17) is 13.9 Å². The molecule has 144 valence electrons. The molecule has 2 rings (SSSR count). The highest BCUT2D eigenvalue weighted by Gasteiger charge is 2.12. The summed E-state index contributed by atoms with van der Waals surface area (Å²) in [5.74, 6) is 1.00. The van der Waals surface area contributed by atoms with Gasteiger partial charge in [0.15, 0.2) is 11.5 Å². The van der Waals surface area contributed by atoms with E-state index in [0.29, 0.717) is 29.4 Å². The summed E-state index contributed by atoms with van der Waals surface area (Å²) < 4.78 is 25.7. The molecule has 0 fully saturated rings. The number of methoxy groups -OCH3 is 2. The van der Waals surface area contributed by atoms with Crippen LogP contribution in [0.4, 0.5) is 4.79 Å². The number of hydrogen-bond acceptors (Lipinski definition) is 8. The van der Waals surface area contributed by atoms with Crippen molar-refractivity contribution in [3.05, 3.63) is 47.4 Å². The van der Waals surface area contributed by atoms with Crippen molar-refractivity contribution in [3.63, 3.8) is 0 Å². The summed E-state index contributed by atoms with van der Waals surface area (Å²) in [7, 11) is 2.53. The van der Waals surface area contributed by atoms with Gasteiger partial charge >= 0.3 is 12.1 Å². The van der Waals surface area contributed by atoms with Gasteiger partial charge in [-0.15, -0.1) is 0 Å². The molecule has 9 nitrogen and oxygen atoms in total. The zero-order valence-electron chi connectivity index (χ0n) is 15.2. The number of amides is 1. The van der Waals surface area contributed by atoms with Crippen LogP contribution in [-0.4, -0.2) is 39.1 Å². The van der Waals surface area contributed by atoms with Crippen LogP contribution in [0.3, 0.4) is 0 Å². The van der Waals surface area contributed by atoms with Crippen LogP contribution in [0.1, 0.15) is 28.8 Å². The molecule has 0 aliphatic rings. The fraction of sp³-hybridized carbons (Fsp3) is 0.278. The molecule has 1 aromatic carbocycles. The number of nitrogens with one attached hydrogen (secondary N) is 1. The fourth-order valence-corrected chi connectivity index (χ4v) is 2.01. The maximum absolute atomic E-state index is 11.4. The number of furan rings is 1. The van der Waals surface area contributed by atoms with Gasteiger partial charge in [-0.05, 0) is 42.8 Å². The lowest BCUT2D eigenvalue weighted by Crippen LogP contribution is -2.16. The number of benzene rings is 1. The molecule has 27 heavy (non-hydrogen) atoms. The smallest absolute Gasteiger partial charge is 0.427 e. The molecule has 2 aromatic rings. The van der Waals surface area contributed by atoms with Gasteiger partial charge in [0.2, 0.25) is 5.76 Å². The Balaban J connectivity index is 2.06. The van der Waals surface area contributed by atoms with E-state index in [-0.39, 0.29) is 12.4 Å². The maximum Gasteiger partial charge on any atom is 0.427 e. The van der Waals surface area contributed by atoms with Gasteiger partial charge in [-0.1, -0.05) is 0 Å². The molecule has 0 saturated heterocycles. The average molecular weight is 376 g/mol. The zero-order valence-corrected chi connectivity index (χ0v) is 15.2. The van der Waals surface area contributed by atoms with E-state index in [0.717, 1.165) is 0 Å². The molecule has 0 aliphatic carbocycles. The van der Waals surface area contributed by atoms with Gasteiger partial charge in [-0.2, -0.15) is 5.10 Å². The Morgan fingerprint density at radius 3 is 2.63 bits per heavy atom. The van der Waals surface area contributed by atoms with Crippen molar-refractivity contribution >= 4 is 18.3 Å². The first-order valence-electron chi connectivity index (χ1n) is 8.01. The third-order valence-electron chi connectivity index (χ3n) is 3.24. The summed E-state index contributed by atoms with van der Waals surface area (Å²) in [4.78, 5) is 22.4. The van der Waals surface area contributed by atoms with Gasteiger partial charge in [-0.25, -0.2) is 15.0 Å². The predicted molar refractivity (Wildman–Crippen MR) is 95.1 cm³/mol. The minimum atomic E-state index is -0.666. The van der Waals surface area contributed by atoms with E-state index in [1.165, 1.54) is 26.5 Å². The van der Waals surface area contributed by atoms with Crippen LogP contribution in [0.15, 0.2) is 39.9 Å². The lowest BCUT2D eigenvalue weighted by Gasteiger charge is -2.11. The van der Waals surface area contributed by atoms with Crippen LogP contribution in [-0.2, 0) is 16.1 Å². The number of nitrogens with zero attached hydrogens (tertiary/aromatic N) is 1. The third kappa shape index (κ3) is 5.77. The summed E-state index contributed by atoms with van der Waals surface area (Å²) in [5, 5.41) is 3.76. The first kappa shape index (κ1) is 19.8. The van der Waals surface area contributed by atoms with E-state index in [2.05, 4.69) is 20.0 Å². The molecule has 0 bridgehead atoms. The van der Waals surface area contributed by atoms with Crippen molar-refractivity contribution in [2.24, 2.45) is 5.10 Å². The van der Waals surface area contributed by atoms with Crippen LogP contribution >= 0.6 is 0 Å². The van der Waals surface area contributed by atoms with Crippen molar-refractivity contribution < 1.29 is 33.0 Å². The molecule has 0 radical (unpaired) electrons. The Morgan fingerprint density at radius 2 is 1.93 bits per heavy atom. The number of hydrazone groups is 1. The molecule has 9 heteroatoms. The summed E-state index contributed by atoms with van der Waals surface area (Å²) >= 11 is 0. The summed E-state index contributed by atoms with van der Waals surface area (Å²) in [5.41, 5.74) is 2.88. The SMILES string of the molecule is CCOc1cc(/C=N\NC(=O)OC)ccc1OCc1ccc(C(=O)OC)o1. The minimum Gasteiger partial charge on any atom is -0.490 e. The zero-order chi connectivity index (χ0) is 19.6. The molecule has 0 spiro atoms. The van der Waals surface area contributed by atoms with E-state index < -0.39 is 12.1 Å². The number of rotatable bonds is 8. The monoisotopic (exact) mass is 376 g/mol. The molecular formula is C18H20N2O7. The molecule has 1 aromatic heterocycles. The number of ether oxygens (including phenoxy) is 4. The van der Waals surface area contributed by atoms with Gasteiger partial charge in [0.05, 0.1) is 27.0 Å². The Kier molecular flexibility index (Phi) is 7.24. The summed E-state index contributed by atoms with van der Waals surface area (Å²) in [6.07, 6.45) is 0.777. The molecule has 0 unspecified atom stereocenters. The topological polar surface area (TPSA) is 109 Å². The number of carbonyl (C=O) groups is 2. The molecule has 1 heterocycles. The van der Waals surface area contributed by atoms with Crippen LogP contribution in [0, 0.1) is 0 Å². The van der Waals surface area contributed by atoms with Crippen molar-refractivity contribution in [2.45, 2.75) is 13.5 Å². The second-order valence-corrected chi connectivity index (χ2v) is 5.05. The molecule has 0 aliphatic heterocycles. The first-order chi connectivity index (χ1) is 13.1. The molecule has 1 amide bonds. The van der Waals surface area contributed by atoms with Crippen molar-refractivity contribution in [1.82, 2.24) is 5.43 Å². The number of carbonyl (C=O) groups excluding carboxylic acids is 2. The van der Waals surface area contributed by atoms with Gasteiger partial charge < -0.3 is 23.4 Å². The Labute approximate surface area is 155 Å². The van der Waals surface area contributed by atoms with Crippen LogP contribution in [0.25, 0.3) is 0 Å². The van der Waals surface area contributed by atoms with Crippen molar-refractivity contribution in [1.29, 1.82) is 0 Å². The average Bonchev–Trinajstić information content (AvgIpc) is 3.16. The summed E-state index contributed by atoms with van der Waals surface area (Å²) in [6, 6.07) is 8.30.